The van der Waals surface area contributed by atoms with Crippen LogP contribution in [0.25, 0.3) is 5.65 Å². The second-order valence-electron chi connectivity index (χ2n) is 5.78. The molecule has 0 aliphatic heterocycles. The molecule has 26 heavy (non-hydrogen) atoms. The van der Waals surface area contributed by atoms with Gasteiger partial charge in [-0.1, -0.05) is 31.5 Å². The fraction of sp³-hybridized carbons (Fsp3) is 0.211. The van der Waals surface area contributed by atoms with Crippen LogP contribution in [-0.2, 0) is 13.0 Å². The van der Waals surface area contributed by atoms with Crippen molar-refractivity contribution >= 4 is 17.5 Å². The van der Waals surface area contributed by atoms with Gasteiger partial charge in [0.05, 0.1) is 12.2 Å². The summed E-state index contributed by atoms with van der Waals surface area (Å²) in [4.78, 5) is 27.8. The van der Waals surface area contributed by atoms with Gasteiger partial charge in [-0.15, -0.1) is 0 Å². The van der Waals surface area contributed by atoms with Crippen LogP contribution in [0.15, 0.2) is 48.8 Å². The number of aromatic carboxylic acids is 1. The Morgan fingerprint density at radius 2 is 2.00 bits per heavy atom. The predicted molar refractivity (Wildman–Crippen MR) is 91.1 cm³/mol. The molecule has 0 aliphatic carbocycles. The third-order valence-electron chi connectivity index (χ3n) is 4.05. The number of imidazole rings is 1. The van der Waals surface area contributed by atoms with Gasteiger partial charge in [0.1, 0.15) is 11.3 Å². The van der Waals surface area contributed by atoms with Gasteiger partial charge in [-0.25, -0.2) is 4.98 Å². The Morgan fingerprint density at radius 3 is 2.73 bits per heavy atom. The van der Waals surface area contributed by atoms with Crippen LogP contribution >= 0.6 is 0 Å². The second kappa shape index (κ2) is 8.70. The molecular weight excluding hydrogens is 325 g/mol. The molecule has 2 aromatic heterocycles. The minimum absolute atomic E-state index is 0. The molecule has 1 N–H and O–H groups in total. The van der Waals surface area contributed by atoms with Gasteiger partial charge in [0.15, 0.2) is 0 Å². The summed E-state index contributed by atoms with van der Waals surface area (Å²) in [7, 11) is 0. The smallest absolute Gasteiger partial charge is 0.545 e. The minimum Gasteiger partial charge on any atom is -0.545 e. The van der Waals surface area contributed by atoms with Crippen LogP contribution in [0.2, 0.25) is 0 Å². The van der Waals surface area contributed by atoms with Crippen molar-refractivity contribution in [2.45, 2.75) is 26.3 Å². The maximum absolute atomic E-state index is 12.5. The number of amides is 1. The molecule has 128 valence electrons. The number of carboxylic acid groups (broad SMARTS) is 1. The summed E-state index contributed by atoms with van der Waals surface area (Å²) in [6, 6.07) is 10.4. The summed E-state index contributed by atoms with van der Waals surface area (Å²) >= 11 is 0. The van der Waals surface area contributed by atoms with Gasteiger partial charge in [0.2, 0.25) is 0 Å². The molecule has 0 radical (unpaired) electrons. The summed E-state index contributed by atoms with van der Waals surface area (Å²) in [5.74, 6) is -1.49. The standard InChI is InChI=1S/C19H19N3O3.Li/c1-2-5-13-7-8-14(19(24)25)10-15(13)11-21-18(23)16-12-20-17-6-3-4-9-22(16)17;/h3-4,6-10,12H,2,5,11H2,1H3,(H,21,23)(H,24,25);/q;+1/p-1. The molecular formula is C19H18LiN3O3. The Bertz CT molecular complexity index is 937. The molecule has 0 saturated heterocycles. The van der Waals surface area contributed by atoms with Gasteiger partial charge in [-0.05, 0) is 41.3 Å². The number of nitrogens with one attached hydrogen (secondary N) is 1. The maximum atomic E-state index is 12.5. The number of pyridine rings is 1. The molecule has 0 bridgehead atoms. The normalized spacial score (nSPS) is 10.3. The third-order valence-corrected chi connectivity index (χ3v) is 4.05. The fourth-order valence-corrected chi connectivity index (χ4v) is 2.80. The number of fused-ring (bicyclic) bond motifs is 1. The van der Waals surface area contributed by atoms with Crippen molar-refractivity contribution in [2.75, 3.05) is 0 Å². The molecule has 6 nitrogen and oxygen atoms in total. The van der Waals surface area contributed by atoms with E-state index in [9.17, 15) is 14.7 Å². The van der Waals surface area contributed by atoms with Crippen molar-refractivity contribution in [1.29, 1.82) is 0 Å². The van der Waals surface area contributed by atoms with Crippen LogP contribution in [0.3, 0.4) is 0 Å². The van der Waals surface area contributed by atoms with Crippen LogP contribution in [0.5, 0.6) is 0 Å². The number of nitrogens with zero attached hydrogens (tertiary/aromatic N) is 2. The van der Waals surface area contributed by atoms with Crippen molar-refractivity contribution in [3.63, 3.8) is 0 Å². The van der Waals surface area contributed by atoms with E-state index in [1.807, 2.05) is 25.1 Å². The summed E-state index contributed by atoms with van der Waals surface area (Å²) in [5, 5.41) is 13.9. The Balaban J connectivity index is 0.00000243. The molecule has 3 rings (SSSR count). The van der Waals surface area contributed by atoms with Gasteiger partial charge in [0.25, 0.3) is 5.91 Å². The van der Waals surface area contributed by atoms with E-state index < -0.39 is 5.97 Å². The average molecular weight is 343 g/mol. The topological polar surface area (TPSA) is 86.5 Å². The van der Waals surface area contributed by atoms with Crippen molar-refractivity contribution < 1.29 is 33.6 Å². The van der Waals surface area contributed by atoms with E-state index >= 15 is 0 Å². The van der Waals surface area contributed by atoms with Crippen LogP contribution in [0.1, 0.15) is 45.3 Å². The number of aromatic nitrogens is 2. The van der Waals surface area contributed by atoms with Crippen molar-refractivity contribution in [3.8, 4) is 0 Å². The molecule has 2 heterocycles. The van der Waals surface area contributed by atoms with Crippen LogP contribution in [0, 0.1) is 0 Å². The number of carboxylic acids is 1. The van der Waals surface area contributed by atoms with Gasteiger partial charge >= 0.3 is 18.9 Å². The first kappa shape index (κ1) is 19.8. The van der Waals surface area contributed by atoms with Gasteiger partial charge in [0, 0.05) is 12.7 Å². The van der Waals surface area contributed by atoms with E-state index in [1.165, 1.54) is 12.3 Å². The first-order chi connectivity index (χ1) is 12.1. The SMILES string of the molecule is CCCc1ccc(C(=O)[O-])cc1CNC(=O)c1cnc2ccccn12.[Li+]. The molecule has 1 aromatic carbocycles. The Kier molecular flexibility index (Phi) is 6.62. The number of hydrogen-bond donors (Lipinski definition) is 1. The Hall–Kier alpha value is -2.55. The molecule has 0 fully saturated rings. The third kappa shape index (κ3) is 4.16. The molecule has 0 unspecified atom stereocenters. The number of rotatable bonds is 6. The van der Waals surface area contributed by atoms with E-state index in [4.69, 9.17) is 0 Å². The zero-order chi connectivity index (χ0) is 17.8. The van der Waals surface area contributed by atoms with E-state index in [0.717, 1.165) is 24.0 Å². The summed E-state index contributed by atoms with van der Waals surface area (Å²) in [6.45, 7) is 2.29. The molecule has 0 spiro atoms. The van der Waals surface area contributed by atoms with E-state index in [-0.39, 0.29) is 36.9 Å². The minimum atomic E-state index is -1.22. The van der Waals surface area contributed by atoms with E-state index in [0.29, 0.717) is 11.3 Å². The fourth-order valence-electron chi connectivity index (χ4n) is 2.80. The quantitative estimate of drug-likeness (QED) is 0.557. The number of hydrogen-bond acceptors (Lipinski definition) is 4. The molecule has 0 saturated carbocycles. The Morgan fingerprint density at radius 1 is 1.19 bits per heavy atom. The maximum Gasteiger partial charge on any atom is 1.00 e. The molecule has 1 amide bonds. The van der Waals surface area contributed by atoms with Crippen molar-refractivity contribution in [1.82, 2.24) is 14.7 Å². The Labute approximate surface area is 163 Å². The first-order valence-electron chi connectivity index (χ1n) is 8.13. The van der Waals surface area contributed by atoms with Crippen molar-refractivity contribution in [2.24, 2.45) is 0 Å². The molecule has 7 heteroatoms. The number of aryl methyl sites for hydroxylation is 1. The zero-order valence-electron chi connectivity index (χ0n) is 14.9. The van der Waals surface area contributed by atoms with Crippen LogP contribution in [0.4, 0.5) is 0 Å². The van der Waals surface area contributed by atoms with Crippen molar-refractivity contribution in [3.05, 3.63) is 71.2 Å². The summed E-state index contributed by atoms with van der Waals surface area (Å²) in [5.41, 5.74) is 3.04. The van der Waals surface area contributed by atoms with Gasteiger partial charge in [-0.3, -0.25) is 9.20 Å². The average Bonchev–Trinajstić information content (AvgIpc) is 3.05. The van der Waals surface area contributed by atoms with Crippen LogP contribution < -0.4 is 29.3 Å². The first-order valence-corrected chi connectivity index (χ1v) is 8.13. The van der Waals surface area contributed by atoms with Gasteiger partial charge in [-0.2, -0.15) is 0 Å². The predicted octanol–water partition coefficient (Wildman–Crippen LogP) is -1.42. The number of carbonyl (C=O) groups is 2. The monoisotopic (exact) mass is 343 g/mol. The number of carbonyl (C=O) groups excluding carboxylic acids is 2. The van der Waals surface area contributed by atoms with Gasteiger partial charge < -0.3 is 15.2 Å². The largest absolute Gasteiger partial charge is 1.00 e. The summed E-state index contributed by atoms with van der Waals surface area (Å²) < 4.78 is 1.71. The second-order valence-corrected chi connectivity index (χ2v) is 5.78. The number of benzene rings is 1. The summed E-state index contributed by atoms with van der Waals surface area (Å²) in [6.07, 6.45) is 5.04. The van der Waals surface area contributed by atoms with E-state index in [1.54, 1.807) is 22.7 Å². The van der Waals surface area contributed by atoms with Crippen LogP contribution in [-0.4, -0.2) is 21.3 Å². The zero-order valence-corrected chi connectivity index (χ0v) is 14.9. The van der Waals surface area contributed by atoms with E-state index in [2.05, 4.69) is 10.3 Å². The molecule has 3 aromatic rings. The molecule has 0 aliphatic rings. The molecule has 0 atom stereocenters.